The van der Waals surface area contributed by atoms with Crippen molar-refractivity contribution in [3.05, 3.63) is 0 Å². The fraction of sp³-hybridized carbons (Fsp3) is 0.933. The van der Waals surface area contributed by atoms with Crippen LogP contribution in [0.25, 0.3) is 0 Å². The molecule has 4 nitrogen and oxygen atoms in total. The number of halogens is 1. The molecule has 2 rings (SSSR count). The number of nitrogens with zero attached hydrogens (tertiary/aromatic N) is 2. The van der Waals surface area contributed by atoms with Crippen LogP contribution in [-0.2, 0) is 9.53 Å². The highest BCUT2D eigenvalue weighted by Crippen LogP contribution is 2.25. The van der Waals surface area contributed by atoms with Gasteiger partial charge in [0, 0.05) is 38.6 Å². The SMILES string of the molecule is CC(C)(CCl)C(=O)N1CCC(CN2CCOCC2)CC1. The van der Waals surface area contributed by atoms with Gasteiger partial charge in [-0.05, 0) is 32.6 Å². The zero-order valence-corrected chi connectivity index (χ0v) is 13.5. The van der Waals surface area contributed by atoms with Gasteiger partial charge >= 0.3 is 0 Å². The summed E-state index contributed by atoms with van der Waals surface area (Å²) in [5.41, 5.74) is -0.432. The molecule has 2 aliphatic rings. The van der Waals surface area contributed by atoms with E-state index in [1.807, 2.05) is 18.7 Å². The minimum absolute atomic E-state index is 0.206. The fourth-order valence-corrected chi connectivity index (χ4v) is 3.07. The highest BCUT2D eigenvalue weighted by Gasteiger charge is 2.33. The average molecular weight is 303 g/mol. The standard InChI is InChI=1S/C15H27ClN2O2/c1-15(2,12-16)14(19)18-5-3-13(4-6-18)11-17-7-9-20-10-8-17/h13H,3-12H2,1-2H3. The van der Waals surface area contributed by atoms with Crippen molar-refractivity contribution < 1.29 is 9.53 Å². The minimum Gasteiger partial charge on any atom is -0.379 e. The Kier molecular flexibility index (Phi) is 5.70. The van der Waals surface area contributed by atoms with Crippen molar-refractivity contribution in [2.45, 2.75) is 26.7 Å². The molecular weight excluding hydrogens is 276 g/mol. The predicted molar refractivity (Wildman–Crippen MR) is 81.1 cm³/mol. The topological polar surface area (TPSA) is 32.8 Å². The van der Waals surface area contributed by atoms with E-state index >= 15 is 0 Å². The summed E-state index contributed by atoms with van der Waals surface area (Å²) in [7, 11) is 0. The Balaban J connectivity index is 1.76. The minimum atomic E-state index is -0.432. The van der Waals surface area contributed by atoms with Crippen LogP contribution in [0.1, 0.15) is 26.7 Å². The van der Waals surface area contributed by atoms with Crippen molar-refractivity contribution in [1.82, 2.24) is 9.80 Å². The molecule has 0 aromatic rings. The summed E-state index contributed by atoms with van der Waals surface area (Å²) < 4.78 is 5.38. The van der Waals surface area contributed by atoms with Gasteiger partial charge in [-0.25, -0.2) is 0 Å². The van der Waals surface area contributed by atoms with E-state index in [0.717, 1.165) is 64.7 Å². The summed E-state index contributed by atoms with van der Waals surface area (Å²) in [5.74, 6) is 1.31. The first-order valence-corrected chi connectivity index (χ1v) is 8.22. The molecule has 20 heavy (non-hydrogen) atoms. The van der Waals surface area contributed by atoms with Gasteiger partial charge in [-0.3, -0.25) is 9.69 Å². The Morgan fingerprint density at radius 1 is 1.20 bits per heavy atom. The van der Waals surface area contributed by atoms with E-state index in [0.29, 0.717) is 5.88 Å². The maximum absolute atomic E-state index is 12.4. The molecule has 0 aromatic carbocycles. The first-order chi connectivity index (χ1) is 9.53. The van der Waals surface area contributed by atoms with Gasteiger partial charge in [0.2, 0.25) is 5.91 Å². The van der Waals surface area contributed by atoms with E-state index in [2.05, 4.69) is 4.90 Å². The molecule has 0 spiro atoms. The van der Waals surface area contributed by atoms with Gasteiger partial charge in [-0.15, -0.1) is 11.6 Å². The lowest BCUT2D eigenvalue weighted by molar-refractivity contribution is -0.140. The van der Waals surface area contributed by atoms with E-state index in [1.165, 1.54) is 0 Å². The molecule has 2 aliphatic heterocycles. The van der Waals surface area contributed by atoms with E-state index in [4.69, 9.17) is 16.3 Å². The largest absolute Gasteiger partial charge is 0.379 e. The molecule has 0 atom stereocenters. The molecule has 0 N–H and O–H groups in total. The molecule has 0 saturated carbocycles. The van der Waals surface area contributed by atoms with Crippen LogP contribution in [0.2, 0.25) is 0 Å². The van der Waals surface area contributed by atoms with Gasteiger partial charge in [0.25, 0.3) is 0 Å². The highest BCUT2D eigenvalue weighted by atomic mass is 35.5. The lowest BCUT2D eigenvalue weighted by Crippen LogP contribution is -2.48. The number of amides is 1. The zero-order chi connectivity index (χ0) is 14.6. The van der Waals surface area contributed by atoms with E-state index in [9.17, 15) is 4.79 Å². The quantitative estimate of drug-likeness (QED) is 0.743. The third-order valence-electron chi connectivity index (χ3n) is 4.43. The van der Waals surface area contributed by atoms with E-state index in [1.54, 1.807) is 0 Å². The van der Waals surface area contributed by atoms with Gasteiger partial charge in [-0.1, -0.05) is 0 Å². The van der Waals surface area contributed by atoms with Crippen molar-refractivity contribution in [3.8, 4) is 0 Å². The summed E-state index contributed by atoms with van der Waals surface area (Å²) in [4.78, 5) is 16.9. The van der Waals surface area contributed by atoms with Crippen molar-refractivity contribution in [1.29, 1.82) is 0 Å². The van der Waals surface area contributed by atoms with Gasteiger partial charge in [0.05, 0.1) is 18.6 Å². The van der Waals surface area contributed by atoms with Gasteiger partial charge < -0.3 is 9.64 Å². The third-order valence-corrected chi connectivity index (χ3v) is 5.10. The first-order valence-electron chi connectivity index (χ1n) is 7.68. The molecule has 0 bridgehead atoms. The number of hydrogen-bond donors (Lipinski definition) is 0. The number of alkyl halides is 1. The van der Waals surface area contributed by atoms with Crippen molar-refractivity contribution in [2.24, 2.45) is 11.3 Å². The Hall–Kier alpha value is -0.320. The number of ether oxygens (including phenoxy) is 1. The van der Waals surface area contributed by atoms with Crippen LogP contribution in [-0.4, -0.2) is 67.5 Å². The second kappa shape index (κ2) is 7.10. The molecule has 1 amide bonds. The van der Waals surface area contributed by atoms with Crippen LogP contribution in [0.4, 0.5) is 0 Å². The Labute approximate surface area is 127 Å². The number of likely N-dealkylation sites (tertiary alicyclic amines) is 1. The Morgan fingerprint density at radius 3 is 2.35 bits per heavy atom. The first kappa shape index (κ1) is 16.1. The van der Waals surface area contributed by atoms with E-state index in [-0.39, 0.29) is 5.91 Å². The smallest absolute Gasteiger partial charge is 0.229 e. The van der Waals surface area contributed by atoms with Crippen LogP contribution in [0.15, 0.2) is 0 Å². The lowest BCUT2D eigenvalue weighted by Gasteiger charge is -2.38. The van der Waals surface area contributed by atoms with Crippen LogP contribution >= 0.6 is 11.6 Å². The van der Waals surface area contributed by atoms with Crippen LogP contribution in [0.5, 0.6) is 0 Å². The number of morpholine rings is 1. The monoisotopic (exact) mass is 302 g/mol. The summed E-state index contributed by atoms with van der Waals surface area (Å²) in [6.07, 6.45) is 2.23. The summed E-state index contributed by atoms with van der Waals surface area (Å²) >= 11 is 5.90. The summed E-state index contributed by atoms with van der Waals surface area (Å²) in [6.45, 7) is 10.6. The maximum Gasteiger partial charge on any atom is 0.229 e. The van der Waals surface area contributed by atoms with Crippen LogP contribution < -0.4 is 0 Å². The predicted octanol–water partition coefficient (Wildman–Crippen LogP) is 1.82. The van der Waals surface area contributed by atoms with Crippen molar-refractivity contribution in [2.75, 3.05) is 51.8 Å². The Morgan fingerprint density at radius 2 is 1.80 bits per heavy atom. The molecule has 5 heteroatoms. The molecule has 0 radical (unpaired) electrons. The highest BCUT2D eigenvalue weighted by molar-refractivity contribution is 6.19. The third kappa shape index (κ3) is 4.09. The number of carbonyl (C=O) groups excluding carboxylic acids is 1. The number of carbonyl (C=O) groups is 1. The van der Waals surface area contributed by atoms with Gasteiger partial charge in [-0.2, -0.15) is 0 Å². The number of hydrogen-bond acceptors (Lipinski definition) is 3. The van der Waals surface area contributed by atoms with Gasteiger partial charge in [0.1, 0.15) is 0 Å². The molecule has 0 unspecified atom stereocenters. The number of rotatable bonds is 4. The molecule has 2 heterocycles. The van der Waals surface area contributed by atoms with E-state index < -0.39 is 5.41 Å². The average Bonchev–Trinajstić information content (AvgIpc) is 2.48. The van der Waals surface area contributed by atoms with Gasteiger partial charge in [0.15, 0.2) is 0 Å². The number of piperidine rings is 1. The summed E-state index contributed by atoms with van der Waals surface area (Å²) in [5, 5.41) is 0. The molecule has 2 saturated heterocycles. The van der Waals surface area contributed by atoms with Crippen molar-refractivity contribution >= 4 is 17.5 Å². The zero-order valence-electron chi connectivity index (χ0n) is 12.7. The maximum atomic E-state index is 12.4. The molecule has 2 fully saturated rings. The molecule has 0 aromatic heterocycles. The molecular formula is C15H27ClN2O2. The normalized spacial score (nSPS) is 23.1. The second-order valence-corrected chi connectivity index (χ2v) is 6.93. The fourth-order valence-electron chi connectivity index (χ4n) is 2.95. The molecule has 116 valence electrons. The Bertz CT molecular complexity index is 322. The van der Waals surface area contributed by atoms with Crippen LogP contribution in [0.3, 0.4) is 0 Å². The van der Waals surface area contributed by atoms with Crippen molar-refractivity contribution in [3.63, 3.8) is 0 Å². The lowest BCUT2D eigenvalue weighted by atomic mass is 9.90. The summed E-state index contributed by atoms with van der Waals surface area (Å²) in [6, 6.07) is 0. The van der Waals surface area contributed by atoms with Crippen LogP contribution in [0, 0.1) is 11.3 Å². The molecule has 0 aliphatic carbocycles. The second-order valence-electron chi connectivity index (χ2n) is 6.67.